The van der Waals surface area contributed by atoms with E-state index in [1.165, 1.54) is 22.3 Å². The maximum Gasteiger partial charge on any atom is 0.463 e. The SMILES string of the molecule is CC(=CC=C(OP(Oc1ccc(C(C)(C)C)cc1C(C)(C)C)OC1C(C)C=C(C(C)(C)C)C(C)C1C(C)(C)C)C(C)C(C)(C)C)C(C)(C)C. The van der Waals surface area contributed by atoms with Crippen molar-refractivity contribution in [3.63, 3.8) is 0 Å². The summed E-state index contributed by atoms with van der Waals surface area (Å²) < 4.78 is 21.5. The van der Waals surface area contributed by atoms with Crippen molar-refractivity contribution in [3.05, 3.63) is 64.5 Å². The van der Waals surface area contributed by atoms with Gasteiger partial charge >= 0.3 is 8.60 Å². The first kappa shape index (κ1) is 43.6. The van der Waals surface area contributed by atoms with Gasteiger partial charge in [-0.2, -0.15) is 0 Å². The van der Waals surface area contributed by atoms with Crippen molar-refractivity contribution in [2.75, 3.05) is 0 Å². The van der Waals surface area contributed by atoms with Crippen molar-refractivity contribution in [1.29, 1.82) is 0 Å². The summed E-state index contributed by atoms with van der Waals surface area (Å²) in [7, 11) is -1.83. The fourth-order valence-electron chi connectivity index (χ4n) is 6.80. The van der Waals surface area contributed by atoms with Crippen LogP contribution in [0.2, 0.25) is 0 Å². The number of allylic oxidation sites excluding steroid dienone is 5. The summed E-state index contributed by atoms with van der Waals surface area (Å²) in [5, 5.41) is 0. The minimum absolute atomic E-state index is 0.0129. The predicted molar refractivity (Wildman–Crippen MR) is 216 cm³/mol. The van der Waals surface area contributed by atoms with Crippen LogP contribution < -0.4 is 4.52 Å². The van der Waals surface area contributed by atoms with E-state index < -0.39 is 8.60 Å². The summed E-state index contributed by atoms with van der Waals surface area (Å²) in [6, 6.07) is 6.69. The van der Waals surface area contributed by atoms with Gasteiger partial charge in [-0.15, -0.1) is 0 Å². The quantitative estimate of drug-likeness (QED) is 0.117. The standard InChI is InChI=1S/C45H77O3P/c1-29-27-34(43(14,15)16)31(3)38(45(20,21)22)39(29)48-49(46-36(32(4)41(8,9)10)25-23-30(2)40(5,6)7)47-37-26-24-33(42(11,12)13)28-35(37)44(17,18)19/h23-29,31-32,38-39H,1-22H3. The van der Waals surface area contributed by atoms with Crippen LogP contribution in [0.15, 0.2) is 53.3 Å². The highest BCUT2D eigenvalue weighted by Crippen LogP contribution is 2.56. The molecule has 0 bridgehead atoms. The summed E-state index contributed by atoms with van der Waals surface area (Å²) in [6.45, 7) is 50.5. The number of hydrogen-bond donors (Lipinski definition) is 0. The van der Waals surface area contributed by atoms with Gasteiger partial charge in [0.2, 0.25) is 0 Å². The number of hydrogen-bond acceptors (Lipinski definition) is 3. The summed E-state index contributed by atoms with van der Waals surface area (Å²) >= 11 is 0. The fraction of sp³-hybridized carbons (Fsp3) is 0.733. The molecular formula is C45H77O3P. The minimum Gasteiger partial charge on any atom is -0.422 e. The molecule has 1 aliphatic rings. The van der Waals surface area contributed by atoms with E-state index >= 15 is 0 Å². The minimum atomic E-state index is -1.83. The van der Waals surface area contributed by atoms with Crippen molar-refractivity contribution < 1.29 is 13.6 Å². The van der Waals surface area contributed by atoms with Gasteiger partial charge in [-0.05, 0) is 69.0 Å². The second-order valence-electron chi connectivity index (χ2n) is 21.4. The van der Waals surface area contributed by atoms with Crippen LogP contribution in [0.4, 0.5) is 0 Å². The Morgan fingerprint density at radius 1 is 0.755 bits per heavy atom. The van der Waals surface area contributed by atoms with E-state index in [4.69, 9.17) is 13.6 Å². The second-order valence-corrected chi connectivity index (χ2v) is 22.4. The highest BCUT2D eigenvalue weighted by atomic mass is 31.2. The van der Waals surface area contributed by atoms with Gasteiger partial charge in [0, 0.05) is 17.4 Å². The third-order valence-corrected chi connectivity index (χ3v) is 12.0. The highest BCUT2D eigenvalue weighted by molar-refractivity contribution is 7.42. The Bertz CT molecular complexity index is 1350. The Labute approximate surface area is 306 Å². The first-order valence-electron chi connectivity index (χ1n) is 18.8. The second kappa shape index (κ2) is 15.2. The lowest BCUT2D eigenvalue weighted by atomic mass is 9.59. The largest absolute Gasteiger partial charge is 0.463 e. The zero-order valence-electron chi connectivity index (χ0n) is 36.0. The molecule has 1 aromatic carbocycles. The van der Waals surface area contributed by atoms with Gasteiger partial charge in [0.15, 0.2) is 0 Å². The normalized spacial score (nSPS) is 23.6. The molecule has 0 saturated heterocycles. The fourth-order valence-corrected chi connectivity index (χ4v) is 8.16. The molecule has 0 aliphatic heterocycles. The van der Waals surface area contributed by atoms with Crippen LogP contribution in [0.3, 0.4) is 0 Å². The van der Waals surface area contributed by atoms with Crippen molar-refractivity contribution in [1.82, 2.24) is 0 Å². The average Bonchev–Trinajstić information content (AvgIpc) is 2.88. The molecule has 0 N–H and O–H groups in total. The molecule has 6 unspecified atom stereocenters. The molecule has 6 atom stereocenters. The molecule has 49 heavy (non-hydrogen) atoms. The molecule has 1 aliphatic carbocycles. The molecule has 0 aromatic heterocycles. The molecule has 0 amide bonds. The van der Waals surface area contributed by atoms with Crippen molar-refractivity contribution in [3.8, 4) is 5.75 Å². The predicted octanol–water partition coefficient (Wildman–Crippen LogP) is 14.8. The molecule has 0 radical (unpaired) electrons. The Balaban J connectivity index is 2.85. The van der Waals surface area contributed by atoms with E-state index in [2.05, 4.69) is 189 Å². The molecule has 1 aromatic rings. The number of rotatable bonds is 8. The van der Waals surface area contributed by atoms with Gasteiger partial charge in [-0.1, -0.05) is 181 Å². The van der Waals surface area contributed by atoms with Crippen LogP contribution >= 0.6 is 8.60 Å². The first-order chi connectivity index (χ1) is 21.8. The number of benzene rings is 1. The van der Waals surface area contributed by atoms with Gasteiger partial charge < -0.3 is 9.05 Å². The van der Waals surface area contributed by atoms with Gasteiger partial charge in [-0.3, -0.25) is 4.52 Å². The third kappa shape index (κ3) is 11.7. The molecule has 0 spiro atoms. The average molecular weight is 697 g/mol. The smallest absolute Gasteiger partial charge is 0.422 e. The topological polar surface area (TPSA) is 27.7 Å². The van der Waals surface area contributed by atoms with E-state index in [0.29, 0.717) is 5.92 Å². The van der Waals surface area contributed by atoms with Crippen LogP contribution in [0, 0.1) is 45.3 Å². The van der Waals surface area contributed by atoms with Gasteiger partial charge in [0.05, 0.1) is 6.10 Å². The Kier molecular flexibility index (Phi) is 13.5. The van der Waals surface area contributed by atoms with E-state index in [1.54, 1.807) is 0 Å². The maximum atomic E-state index is 7.33. The lowest BCUT2D eigenvalue weighted by Crippen LogP contribution is -2.46. The molecule has 280 valence electrons. The molecule has 2 rings (SSSR count). The van der Waals surface area contributed by atoms with E-state index in [-0.39, 0.29) is 56.3 Å². The molecule has 4 heteroatoms. The molecule has 3 nitrogen and oxygen atoms in total. The van der Waals surface area contributed by atoms with Crippen molar-refractivity contribution in [2.45, 2.75) is 169 Å². The van der Waals surface area contributed by atoms with Gasteiger partial charge in [-0.25, -0.2) is 0 Å². The van der Waals surface area contributed by atoms with Crippen molar-refractivity contribution in [2.24, 2.45) is 45.3 Å². The van der Waals surface area contributed by atoms with Gasteiger partial charge in [0.1, 0.15) is 11.5 Å². The Morgan fingerprint density at radius 3 is 1.73 bits per heavy atom. The zero-order valence-corrected chi connectivity index (χ0v) is 36.9. The van der Waals surface area contributed by atoms with E-state index in [0.717, 1.165) is 11.5 Å². The Morgan fingerprint density at radius 2 is 1.31 bits per heavy atom. The lowest BCUT2D eigenvalue weighted by molar-refractivity contribution is -0.00858. The molecular weight excluding hydrogens is 619 g/mol. The summed E-state index contributed by atoms with van der Waals surface area (Å²) in [4.78, 5) is 0. The van der Waals surface area contributed by atoms with E-state index in [9.17, 15) is 0 Å². The van der Waals surface area contributed by atoms with Crippen LogP contribution in [0.25, 0.3) is 0 Å². The molecule has 0 fully saturated rings. The van der Waals surface area contributed by atoms with Crippen LogP contribution in [0.5, 0.6) is 5.75 Å². The zero-order chi connectivity index (χ0) is 38.3. The van der Waals surface area contributed by atoms with Gasteiger partial charge in [0.25, 0.3) is 0 Å². The van der Waals surface area contributed by atoms with Crippen molar-refractivity contribution >= 4 is 8.60 Å². The van der Waals surface area contributed by atoms with Crippen LogP contribution in [-0.4, -0.2) is 6.10 Å². The highest BCUT2D eigenvalue weighted by Gasteiger charge is 2.47. The third-order valence-electron chi connectivity index (χ3n) is 10.8. The van der Waals surface area contributed by atoms with E-state index in [1.807, 2.05) is 0 Å². The Hall–Kier alpha value is -1.57. The molecule has 0 saturated carbocycles. The van der Waals surface area contributed by atoms with Crippen LogP contribution in [0.1, 0.15) is 163 Å². The maximum absolute atomic E-state index is 7.33. The summed E-state index contributed by atoms with van der Waals surface area (Å²) in [5.41, 5.74) is 5.32. The molecule has 0 heterocycles. The first-order valence-corrected chi connectivity index (χ1v) is 19.9. The lowest BCUT2D eigenvalue weighted by Gasteiger charge is -2.49. The summed E-state index contributed by atoms with van der Waals surface area (Å²) in [5.74, 6) is 2.71. The van der Waals surface area contributed by atoms with Crippen LogP contribution in [-0.2, 0) is 19.9 Å². The summed E-state index contributed by atoms with van der Waals surface area (Å²) in [6.07, 6.45) is 6.81. The monoisotopic (exact) mass is 697 g/mol.